The topological polar surface area (TPSA) is 53.7 Å². The van der Waals surface area contributed by atoms with E-state index in [-0.39, 0.29) is 11.1 Å². The van der Waals surface area contributed by atoms with Crippen molar-refractivity contribution in [2.75, 3.05) is 26.9 Å². The molecule has 3 unspecified atom stereocenters. The van der Waals surface area contributed by atoms with Crippen LogP contribution in [0, 0.1) is 5.92 Å². The van der Waals surface area contributed by atoms with Crippen LogP contribution in [0.2, 0.25) is 0 Å². The van der Waals surface area contributed by atoms with Crippen molar-refractivity contribution in [1.82, 2.24) is 0 Å². The Kier molecular flexibility index (Phi) is 3.95. The highest BCUT2D eigenvalue weighted by atomic mass is 16.6. The first kappa shape index (κ1) is 14.8. The Balaban J connectivity index is 1.83. The van der Waals surface area contributed by atoms with Crippen LogP contribution in [-0.4, -0.2) is 32.5 Å². The van der Waals surface area contributed by atoms with Crippen LogP contribution in [0.1, 0.15) is 31.7 Å². The van der Waals surface area contributed by atoms with Gasteiger partial charge in [0.15, 0.2) is 0 Å². The molecule has 0 bridgehead atoms. The molecule has 2 fully saturated rings. The van der Waals surface area contributed by atoms with Gasteiger partial charge in [0.1, 0.15) is 5.75 Å². The number of nitrogens with two attached hydrogens (primary N) is 1. The summed E-state index contributed by atoms with van der Waals surface area (Å²) in [5.41, 5.74) is 7.37. The maximum Gasteiger partial charge on any atom is 0.119 e. The van der Waals surface area contributed by atoms with E-state index in [9.17, 15) is 0 Å². The summed E-state index contributed by atoms with van der Waals surface area (Å²) in [5.74, 6) is 1.25. The molecule has 0 aliphatic carbocycles. The van der Waals surface area contributed by atoms with E-state index in [2.05, 4.69) is 13.0 Å². The largest absolute Gasteiger partial charge is 0.497 e. The molecule has 0 amide bonds. The summed E-state index contributed by atoms with van der Waals surface area (Å²) in [4.78, 5) is 0. The average Bonchev–Trinajstić information content (AvgIpc) is 2.95. The van der Waals surface area contributed by atoms with Gasteiger partial charge in [0.25, 0.3) is 0 Å². The molecular formula is C17H25NO3. The minimum Gasteiger partial charge on any atom is -0.497 e. The van der Waals surface area contributed by atoms with Crippen molar-refractivity contribution in [2.45, 2.75) is 37.3 Å². The molecule has 0 radical (unpaired) electrons. The summed E-state index contributed by atoms with van der Waals surface area (Å²) in [6.07, 6.45) is 2.95. The van der Waals surface area contributed by atoms with Crippen LogP contribution >= 0.6 is 0 Å². The average molecular weight is 291 g/mol. The van der Waals surface area contributed by atoms with Crippen LogP contribution in [0.4, 0.5) is 0 Å². The smallest absolute Gasteiger partial charge is 0.119 e. The second kappa shape index (κ2) is 5.59. The van der Waals surface area contributed by atoms with E-state index in [4.69, 9.17) is 19.9 Å². The van der Waals surface area contributed by atoms with Gasteiger partial charge in [0.2, 0.25) is 0 Å². The van der Waals surface area contributed by atoms with Crippen LogP contribution in [0.25, 0.3) is 0 Å². The van der Waals surface area contributed by atoms with E-state index in [1.807, 2.05) is 18.2 Å². The quantitative estimate of drug-likeness (QED) is 0.929. The van der Waals surface area contributed by atoms with Gasteiger partial charge in [-0.05, 0) is 43.4 Å². The van der Waals surface area contributed by atoms with Gasteiger partial charge in [-0.3, -0.25) is 0 Å². The first-order valence-corrected chi connectivity index (χ1v) is 7.71. The van der Waals surface area contributed by atoms with Gasteiger partial charge in [0, 0.05) is 25.2 Å². The molecule has 21 heavy (non-hydrogen) atoms. The number of ether oxygens (including phenoxy) is 3. The van der Waals surface area contributed by atoms with Gasteiger partial charge in [-0.25, -0.2) is 0 Å². The normalized spacial score (nSPS) is 32.0. The fourth-order valence-electron chi connectivity index (χ4n) is 3.60. The lowest BCUT2D eigenvalue weighted by Crippen LogP contribution is -2.50. The van der Waals surface area contributed by atoms with Crippen LogP contribution in [0.3, 0.4) is 0 Å². The summed E-state index contributed by atoms with van der Waals surface area (Å²) >= 11 is 0. The second-order valence-electron chi connectivity index (χ2n) is 6.54. The SMILES string of the molecule is COc1cccc(C(C)(N)C2CCOC3(CCOC3)C2)c1. The Morgan fingerprint density at radius 1 is 1.38 bits per heavy atom. The molecule has 2 heterocycles. The highest BCUT2D eigenvalue weighted by Crippen LogP contribution is 2.43. The van der Waals surface area contributed by atoms with Gasteiger partial charge in [-0.15, -0.1) is 0 Å². The Labute approximate surface area is 126 Å². The maximum absolute atomic E-state index is 6.74. The standard InChI is InChI=1S/C17H25NO3/c1-16(18,13-4-3-5-15(10-13)19-2)14-6-8-21-17(11-14)7-9-20-12-17/h3-5,10,14H,6-9,11-12,18H2,1-2H3. The zero-order valence-electron chi connectivity index (χ0n) is 12.9. The molecule has 0 aromatic heterocycles. The predicted octanol–water partition coefficient (Wildman–Crippen LogP) is 2.45. The van der Waals surface area contributed by atoms with Crippen LogP contribution in [-0.2, 0) is 15.0 Å². The molecule has 0 saturated carbocycles. The predicted molar refractivity (Wildman–Crippen MR) is 81.4 cm³/mol. The third-order valence-electron chi connectivity index (χ3n) is 5.10. The number of hydrogen-bond acceptors (Lipinski definition) is 4. The summed E-state index contributed by atoms with van der Waals surface area (Å²) in [6.45, 7) is 4.40. The summed E-state index contributed by atoms with van der Waals surface area (Å²) in [6, 6.07) is 8.10. The van der Waals surface area contributed by atoms with Crippen molar-refractivity contribution in [3.8, 4) is 5.75 Å². The zero-order chi connectivity index (χ0) is 14.9. The molecule has 2 N–H and O–H groups in total. The van der Waals surface area contributed by atoms with Crippen molar-refractivity contribution in [1.29, 1.82) is 0 Å². The molecule has 4 heteroatoms. The van der Waals surface area contributed by atoms with Crippen molar-refractivity contribution >= 4 is 0 Å². The summed E-state index contributed by atoms with van der Waals surface area (Å²) < 4.78 is 16.9. The van der Waals surface area contributed by atoms with E-state index in [1.165, 1.54) is 0 Å². The maximum atomic E-state index is 6.74. The van der Waals surface area contributed by atoms with Crippen LogP contribution < -0.4 is 10.5 Å². The van der Waals surface area contributed by atoms with Gasteiger partial charge in [-0.2, -0.15) is 0 Å². The van der Waals surface area contributed by atoms with Crippen molar-refractivity contribution in [2.24, 2.45) is 11.7 Å². The van der Waals surface area contributed by atoms with E-state index in [0.717, 1.165) is 43.8 Å². The Morgan fingerprint density at radius 2 is 2.24 bits per heavy atom. The molecule has 2 saturated heterocycles. The highest BCUT2D eigenvalue weighted by molar-refractivity contribution is 5.33. The monoisotopic (exact) mass is 291 g/mol. The molecular weight excluding hydrogens is 266 g/mol. The molecule has 2 aliphatic heterocycles. The molecule has 3 rings (SSSR count). The van der Waals surface area contributed by atoms with E-state index >= 15 is 0 Å². The number of rotatable bonds is 3. The molecule has 1 spiro atoms. The highest BCUT2D eigenvalue weighted by Gasteiger charge is 2.45. The van der Waals surface area contributed by atoms with Gasteiger partial charge < -0.3 is 19.9 Å². The van der Waals surface area contributed by atoms with Gasteiger partial charge in [0.05, 0.1) is 19.3 Å². The minimum absolute atomic E-state index is 0.109. The molecule has 1 aromatic rings. The lowest BCUT2D eigenvalue weighted by Gasteiger charge is -2.44. The minimum atomic E-state index is -0.381. The number of hydrogen-bond donors (Lipinski definition) is 1. The lowest BCUT2D eigenvalue weighted by molar-refractivity contribution is -0.109. The number of benzene rings is 1. The van der Waals surface area contributed by atoms with Crippen LogP contribution in [0.5, 0.6) is 5.75 Å². The zero-order valence-corrected chi connectivity index (χ0v) is 12.9. The Hall–Kier alpha value is -1.10. The van der Waals surface area contributed by atoms with Crippen molar-refractivity contribution in [3.63, 3.8) is 0 Å². The van der Waals surface area contributed by atoms with E-state index in [1.54, 1.807) is 7.11 Å². The lowest BCUT2D eigenvalue weighted by atomic mass is 9.71. The molecule has 1 aromatic carbocycles. The fourth-order valence-corrected chi connectivity index (χ4v) is 3.60. The summed E-state index contributed by atoms with van der Waals surface area (Å²) in [5, 5.41) is 0. The third-order valence-corrected chi connectivity index (χ3v) is 5.10. The second-order valence-corrected chi connectivity index (χ2v) is 6.54. The van der Waals surface area contributed by atoms with E-state index < -0.39 is 0 Å². The van der Waals surface area contributed by atoms with Gasteiger partial charge in [-0.1, -0.05) is 12.1 Å². The molecule has 3 atom stereocenters. The van der Waals surface area contributed by atoms with Gasteiger partial charge >= 0.3 is 0 Å². The van der Waals surface area contributed by atoms with E-state index in [0.29, 0.717) is 12.5 Å². The molecule has 116 valence electrons. The first-order valence-electron chi connectivity index (χ1n) is 7.71. The van der Waals surface area contributed by atoms with Crippen molar-refractivity contribution in [3.05, 3.63) is 29.8 Å². The Morgan fingerprint density at radius 3 is 2.95 bits per heavy atom. The van der Waals surface area contributed by atoms with Crippen molar-refractivity contribution < 1.29 is 14.2 Å². The molecule has 2 aliphatic rings. The third kappa shape index (κ3) is 2.80. The number of methoxy groups -OCH3 is 1. The summed E-state index contributed by atoms with van der Waals surface area (Å²) in [7, 11) is 1.69. The molecule has 4 nitrogen and oxygen atoms in total. The Bertz CT molecular complexity index is 495. The van der Waals surface area contributed by atoms with Crippen LogP contribution in [0.15, 0.2) is 24.3 Å². The fraction of sp³-hybridized carbons (Fsp3) is 0.647. The first-order chi connectivity index (χ1) is 10.1.